The average Bonchev–Trinajstić information content (AvgIpc) is 2.91. The van der Waals surface area contributed by atoms with E-state index in [9.17, 15) is 9.59 Å². The van der Waals surface area contributed by atoms with Gasteiger partial charge in [-0.15, -0.1) is 0 Å². The lowest BCUT2D eigenvalue weighted by molar-refractivity contribution is -0.136. The molecule has 0 bridgehead atoms. The summed E-state index contributed by atoms with van der Waals surface area (Å²) in [5.74, 6) is 0.354. The third-order valence-electron chi connectivity index (χ3n) is 4.35. The first kappa shape index (κ1) is 17.0. The number of amides is 2. The van der Waals surface area contributed by atoms with Crippen LogP contribution in [-0.4, -0.2) is 60.4 Å². The van der Waals surface area contributed by atoms with Gasteiger partial charge in [-0.05, 0) is 44.7 Å². The summed E-state index contributed by atoms with van der Waals surface area (Å²) >= 11 is 0. The van der Waals surface area contributed by atoms with Crippen LogP contribution in [0.25, 0.3) is 0 Å². The molecule has 0 aliphatic carbocycles. The molecular weight excluding hydrogens is 278 g/mol. The fraction of sp³-hybridized carbons (Fsp3) is 0.765. The molecule has 1 atom stereocenters. The Morgan fingerprint density at radius 1 is 1.27 bits per heavy atom. The molecule has 1 unspecified atom stereocenters. The molecule has 2 aliphatic rings. The normalized spacial score (nSPS) is 24.0. The number of rotatable bonds is 5. The van der Waals surface area contributed by atoms with Crippen molar-refractivity contribution in [3.63, 3.8) is 0 Å². The van der Waals surface area contributed by atoms with E-state index in [2.05, 4.69) is 24.1 Å². The summed E-state index contributed by atoms with van der Waals surface area (Å²) < 4.78 is 0. The van der Waals surface area contributed by atoms with Crippen LogP contribution in [0.1, 0.15) is 39.5 Å². The van der Waals surface area contributed by atoms with E-state index in [1.807, 2.05) is 6.08 Å². The topological polar surface area (TPSA) is 52.7 Å². The van der Waals surface area contributed by atoms with Gasteiger partial charge < -0.3 is 10.2 Å². The summed E-state index contributed by atoms with van der Waals surface area (Å²) in [6, 6.07) is -0.327. The van der Waals surface area contributed by atoms with Gasteiger partial charge in [0.05, 0.1) is 0 Å². The maximum atomic E-state index is 12.5. The van der Waals surface area contributed by atoms with E-state index >= 15 is 0 Å². The second kappa shape index (κ2) is 8.32. The molecule has 0 aromatic carbocycles. The minimum atomic E-state index is -0.327. The molecule has 5 heteroatoms. The van der Waals surface area contributed by atoms with Gasteiger partial charge in [0.15, 0.2) is 0 Å². The van der Waals surface area contributed by atoms with Crippen molar-refractivity contribution >= 4 is 11.8 Å². The zero-order valence-corrected chi connectivity index (χ0v) is 13.9. The van der Waals surface area contributed by atoms with Gasteiger partial charge in [-0.25, -0.2) is 0 Å². The summed E-state index contributed by atoms with van der Waals surface area (Å²) in [7, 11) is 0. The smallest absolute Gasteiger partial charge is 0.246 e. The van der Waals surface area contributed by atoms with Crippen LogP contribution in [0.2, 0.25) is 0 Å². The first-order chi connectivity index (χ1) is 10.6. The van der Waals surface area contributed by atoms with Crippen LogP contribution in [0.5, 0.6) is 0 Å². The minimum absolute atomic E-state index is 0.00695. The van der Waals surface area contributed by atoms with Crippen LogP contribution in [0.4, 0.5) is 0 Å². The Morgan fingerprint density at radius 2 is 2.00 bits per heavy atom. The number of likely N-dealkylation sites (tertiary alicyclic amines) is 1. The lowest BCUT2D eigenvalue weighted by atomic mass is 10.0. The highest BCUT2D eigenvalue weighted by Crippen LogP contribution is 2.15. The highest BCUT2D eigenvalue weighted by molar-refractivity contribution is 5.93. The fourth-order valence-corrected chi connectivity index (χ4v) is 3.18. The number of hydrogen-bond donors (Lipinski definition) is 1. The predicted molar refractivity (Wildman–Crippen MR) is 87.4 cm³/mol. The fourth-order valence-electron chi connectivity index (χ4n) is 3.18. The molecule has 124 valence electrons. The molecule has 2 heterocycles. The summed E-state index contributed by atoms with van der Waals surface area (Å²) in [6.45, 7) is 8.58. The van der Waals surface area contributed by atoms with Crippen molar-refractivity contribution in [2.24, 2.45) is 5.92 Å². The van der Waals surface area contributed by atoms with Gasteiger partial charge in [0.1, 0.15) is 6.04 Å². The molecule has 2 aliphatic heterocycles. The van der Waals surface area contributed by atoms with Crippen molar-refractivity contribution in [1.82, 2.24) is 15.1 Å². The van der Waals surface area contributed by atoms with E-state index in [-0.39, 0.29) is 17.9 Å². The molecule has 5 nitrogen and oxygen atoms in total. The van der Waals surface area contributed by atoms with Crippen molar-refractivity contribution < 1.29 is 9.59 Å². The Kier molecular flexibility index (Phi) is 6.43. The van der Waals surface area contributed by atoms with Gasteiger partial charge >= 0.3 is 0 Å². The van der Waals surface area contributed by atoms with Crippen LogP contribution >= 0.6 is 0 Å². The van der Waals surface area contributed by atoms with E-state index < -0.39 is 0 Å². The van der Waals surface area contributed by atoms with Crippen LogP contribution in [0.15, 0.2) is 12.2 Å². The molecular formula is C17H29N3O2. The predicted octanol–water partition coefficient (Wildman–Crippen LogP) is 1.40. The van der Waals surface area contributed by atoms with Crippen LogP contribution in [0, 0.1) is 5.92 Å². The second-order valence-corrected chi connectivity index (χ2v) is 6.73. The summed E-state index contributed by atoms with van der Waals surface area (Å²) in [5.41, 5.74) is 0. The maximum absolute atomic E-state index is 12.5. The molecule has 0 spiro atoms. The SMILES string of the molecule is CC(C)CC1C(=O)NCCCN1C(=O)/C=C/CN1CCCC1. The Morgan fingerprint density at radius 3 is 2.68 bits per heavy atom. The molecule has 0 radical (unpaired) electrons. The van der Waals surface area contributed by atoms with Crippen molar-refractivity contribution in [2.45, 2.75) is 45.6 Å². The second-order valence-electron chi connectivity index (χ2n) is 6.73. The van der Waals surface area contributed by atoms with E-state index in [1.165, 1.54) is 12.8 Å². The van der Waals surface area contributed by atoms with Crippen molar-refractivity contribution in [2.75, 3.05) is 32.7 Å². The average molecular weight is 307 g/mol. The van der Waals surface area contributed by atoms with Gasteiger partial charge in [-0.2, -0.15) is 0 Å². The largest absolute Gasteiger partial charge is 0.354 e. The van der Waals surface area contributed by atoms with Gasteiger partial charge in [0.2, 0.25) is 11.8 Å². The monoisotopic (exact) mass is 307 g/mol. The number of nitrogens with zero attached hydrogens (tertiary/aromatic N) is 2. The minimum Gasteiger partial charge on any atom is -0.354 e. The van der Waals surface area contributed by atoms with Crippen LogP contribution in [0.3, 0.4) is 0 Å². The lowest BCUT2D eigenvalue weighted by Gasteiger charge is -2.28. The zero-order chi connectivity index (χ0) is 15.9. The number of carbonyl (C=O) groups is 2. The molecule has 0 aromatic heterocycles. The Labute approximate surface area is 133 Å². The van der Waals surface area contributed by atoms with Crippen molar-refractivity contribution in [3.8, 4) is 0 Å². The molecule has 22 heavy (non-hydrogen) atoms. The highest BCUT2D eigenvalue weighted by Gasteiger charge is 2.30. The molecule has 0 aromatic rings. The van der Waals surface area contributed by atoms with Crippen LogP contribution in [-0.2, 0) is 9.59 Å². The van der Waals surface area contributed by atoms with Crippen LogP contribution < -0.4 is 5.32 Å². The van der Waals surface area contributed by atoms with E-state index in [1.54, 1.807) is 11.0 Å². The van der Waals surface area contributed by atoms with Crippen molar-refractivity contribution in [1.29, 1.82) is 0 Å². The van der Waals surface area contributed by atoms with Gasteiger partial charge in [0, 0.05) is 25.7 Å². The maximum Gasteiger partial charge on any atom is 0.246 e. The summed E-state index contributed by atoms with van der Waals surface area (Å²) in [5, 5.41) is 2.92. The van der Waals surface area contributed by atoms with E-state index in [0.29, 0.717) is 19.0 Å². The molecule has 1 N–H and O–H groups in total. The standard InChI is InChI=1S/C17H29N3O2/c1-14(2)13-15-17(22)18-8-6-12-20(15)16(21)7-5-11-19-9-3-4-10-19/h5,7,14-15H,3-4,6,8-13H2,1-2H3,(H,18,22)/b7-5+. The third kappa shape index (κ3) is 4.83. The quantitative estimate of drug-likeness (QED) is 0.781. The molecule has 0 saturated carbocycles. The molecule has 2 saturated heterocycles. The number of hydrogen-bond acceptors (Lipinski definition) is 3. The Balaban J connectivity index is 1.96. The van der Waals surface area contributed by atoms with Crippen molar-refractivity contribution in [3.05, 3.63) is 12.2 Å². The summed E-state index contributed by atoms with van der Waals surface area (Å²) in [4.78, 5) is 28.8. The third-order valence-corrected chi connectivity index (χ3v) is 4.35. The number of carbonyl (C=O) groups excluding carboxylic acids is 2. The summed E-state index contributed by atoms with van der Waals surface area (Å²) in [6.07, 6.45) is 7.66. The number of nitrogens with one attached hydrogen (secondary N) is 1. The first-order valence-electron chi connectivity index (χ1n) is 8.55. The Hall–Kier alpha value is -1.36. The molecule has 2 amide bonds. The molecule has 2 fully saturated rings. The first-order valence-corrected chi connectivity index (χ1v) is 8.55. The van der Waals surface area contributed by atoms with Gasteiger partial charge in [0.25, 0.3) is 0 Å². The highest BCUT2D eigenvalue weighted by atomic mass is 16.2. The molecule has 2 rings (SSSR count). The van der Waals surface area contributed by atoms with E-state index in [4.69, 9.17) is 0 Å². The van der Waals surface area contributed by atoms with E-state index in [0.717, 1.165) is 32.5 Å². The van der Waals surface area contributed by atoms with Gasteiger partial charge in [-0.1, -0.05) is 19.9 Å². The lowest BCUT2D eigenvalue weighted by Crippen LogP contribution is -2.47. The zero-order valence-electron chi connectivity index (χ0n) is 13.9. The Bertz CT molecular complexity index is 414. The van der Waals surface area contributed by atoms with Gasteiger partial charge in [-0.3, -0.25) is 14.5 Å².